The van der Waals surface area contributed by atoms with Gasteiger partial charge in [0.2, 0.25) is 0 Å². The molecule has 0 bridgehead atoms. The maximum atomic E-state index is 12.9. The number of amides is 1. The van der Waals surface area contributed by atoms with E-state index in [4.69, 9.17) is 0 Å². The third kappa shape index (κ3) is 5.14. The lowest BCUT2D eigenvalue weighted by Gasteiger charge is -2.10. The molecular formula is C22H22FN3O. The van der Waals surface area contributed by atoms with Crippen molar-refractivity contribution < 1.29 is 9.18 Å². The third-order valence-electron chi connectivity index (χ3n) is 4.28. The van der Waals surface area contributed by atoms with Crippen molar-refractivity contribution in [1.29, 1.82) is 0 Å². The molecule has 1 amide bonds. The van der Waals surface area contributed by atoms with Crippen molar-refractivity contribution >= 4 is 17.3 Å². The fourth-order valence-electron chi connectivity index (χ4n) is 2.78. The Balaban J connectivity index is 1.54. The van der Waals surface area contributed by atoms with E-state index >= 15 is 0 Å². The normalized spacial score (nSPS) is 10.5. The molecule has 0 radical (unpaired) electrons. The number of carbonyl (C=O) groups excluding carboxylic acids is 1. The lowest BCUT2D eigenvalue weighted by atomic mass is 10.1. The molecule has 0 saturated carbocycles. The Morgan fingerprint density at radius 3 is 2.48 bits per heavy atom. The maximum Gasteiger partial charge on any atom is 0.274 e. The molecule has 0 atom stereocenters. The van der Waals surface area contributed by atoms with E-state index in [1.807, 2.05) is 38.1 Å². The van der Waals surface area contributed by atoms with E-state index in [-0.39, 0.29) is 11.7 Å². The Morgan fingerprint density at radius 1 is 1.04 bits per heavy atom. The number of pyridine rings is 1. The lowest BCUT2D eigenvalue weighted by molar-refractivity contribution is 0.102. The van der Waals surface area contributed by atoms with Crippen LogP contribution in [0.3, 0.4) is 0 Å². The molecule has 4 nitrogen and oxygen atoms in total. The van der Waals surface area contributed by atoms with Crippen LogP contribution in [0.2, 0.25) is 0 Å². The molecule has 3 aromatic rings. The highest BCUT2D eigenvalue weighted by molar-refractivity contribution is 6.03. The summed E-state index contributed by atoms with van der Waals surface area (Å²) in [6.07, 6.45) is 2.41. The van der Waals surface area contributed by atoms with Crippen LogP contribution in [0.5, 0.6) is 0 Å². The largest absolute Gasteiger partial charge is 0.383 e. The van der Waals surface area contributed by atoms with Crippen molar-refractivity contribution in [2.75, 3.05) is 17.2 Å². The minimum Gasteiger partial charge on any atom is -0.383 e. The smallest absolute Gasteiger partial charge is 0.274 e. The molecule has 2 aromatic carbocycles. The zero-order valence-corrected chi connectivity index (χ0v) is 15.4. The van der Waals surface area contributed by atoms with Crippen LogP contribution in [0.1, 0.15) is 27.2 Å². The van der Waals surface area contributed by atoms with Crippen LogP contribution in [0.4, 0.5) is 15.8 Å². The molecule has 1 aromatic heterocycles. The number of rotatable bonds is 6. The summed E-state index contributed by atoms with van der Waals surface area (Å²) in [7, 11) is 0. The minimum atomic E-state index is -0.236. The Hall–Kier alpha value is -3.21. The van der Waals surface area contributed by atoms with Gasteiger partial charge in [-0.05, 0) is 61.7 Å². The minimum absolute atomic E-state index is 0.231. The average Bonchev–Trinajstić information content (AvgIpc) is 2.66. The number of aromatic nitrogens is 1. The van der Waals surface area contributed by atoms with Gasteiger partial charge in [0, 0.05) is 12.2 Å². The maximum absolute atomic E-state index is 12.9. The van der Waals surface area contributed by atoms with Gasteiger partial charge in [0.1, 0.15) is 11.5 Å². The zero-order chi connectivity index (χ0) is 19.2. The third-order valence-corrected chi connectivity index (χ3v) is 4.28. The summed E-state index contributed by atoms with van der Waals surface area (Å²) in [4.78, 5) is 16.6. The van der Waals surface area contributed by atoms with Crippen LogP contribution in [-0.2, 0) is 6.42 Å². The molecule has 0 spiro atoms. The number of benzene rings is 2. The molecule has 138 valence electrons. The molecule has 0 saturated heterocycles. The summed E-state index contributed by atoms with van der Waals surface area (Å²) in [5, 5.41) is 6.14. The Kier molecular flexibility index (Phi) is 5.81. The molecule has 0 fully saturated rings. The highest BCUT2D eigenvalue weighted by Gasteiger charge is 2.09. The van der Waals surface area contributed by atoms with E-state index in [9.17, 15) is 9.18 Å². The average molecular weight is 363 g/mol. The fraction of sp³-hybridized carbons (Fsp3) is 0.182. The summed E-state index contributed by atoms with van der Waals surface area (Å²) in [5.74, 6) is -0.467. The standard InChI is InChI=1S/C22H22FN3O/c1-15-3-9-20(16(2)13-15)26-22(27)21-10-8-19(14-25-21)24-12-11-17-4-6-18(23)7-5-17/h3-10,13-14,24H,11-12H2,1-2H3,(H,26,27). The van der Waals surface area contributed by atoms with Crippen LogP contribution in [0, 0.1) is 19.7 Å². The summed E-state index contributed by atoms with van der Waals surface area (Å²) >= 11 is 0. The van der Waals surface area contributed by atoms with E-state index in [2.05, 4.69) is 15.6 Å². The van der Waals surface area contributed by atoms with Gasteiger partial charge in [-0.1, -0.05) is 29.8 Å². The van der Waals surface area contributed by atoms with Gasteiger partial charge in [0.05, 0.1) is 11.9 Å². The predicted molar refractivity (Wildman–Crippen MR) is 107 cm³/mol. The van der Waals surface area contributed by atoms with Crippen molar-refractivity contribution in [1.82, 2.24) is 4.98 Å². The first-order valence-electron chi connectivity index (χ1n) is 8.84. The zero-order valence-electron chi connectivity index (χ0n) is 15.4. The number of anilines is 2. The molecule has 0 unspecified atom stereocenters. The van der Waals surface area contributed by atoms with Crippen molar-refractivity contribution in [2.24, 2.45) is 0 Å². The molecule has 2 N–H and O–H groups in total. The molecule has 0 aliphatic carbocycles. The quantitative estimate of drug-likeness (QED) is 0.665. The number of aryl methyl sites for hydroxylation is 2. The first-order chi connectivity index (χ1) is 13.0. The molecule has 0 aliphatic rings. The number of nitrogens with zero attached hydrogens (tertiary/aromatic N) is 1. The highest BCUT2D eigenvalue weighted by Crippen LogP contribution is 2.17. The van der Waals surface area contributed by atoms with Crippen LogP contribution in [0.15, 0.2) is 60.8 Å². The van der Waals surface area contributed by atoms with Gasteiger partial charge in [0.15, 0.2) is 0 Å². The number of carbonyl (C=O) groups is 1. The van der Waals surface area contributed by atoms with E-state index < -0.39 is 0 Å². The van der Waals surface area contributed by atoms with Gasteiger partial charge in [-0.15, -0.1) is 0 Å². The molecule has 0 aliphatic heterocycles. The number of nitrogens with one attached hydrogen (secondary N) is 2. The van der Waals surface area contributed by atoms with Crippen LogP contribution in [0.25, 0.3) is 0 Å². The van der Waals surface area contributed by atoms with E-state index in [0.29, 0.717) is 12.2 Å². The fourth-order valence-corrected chi connectivity index (χ4v) is 2.78. The first kappa shape index (κ1) is 18.6. The van der Waals surface area contributed by atoms with Gasteiger partial charge in [-0.3, -0.25) is 4.79 Å². The van der Waals surface area contributed by atoms with Crippen molar-refractivity contribution in [3.63, 3.8) is 0 Å². The SMILES string of the molecule is Cc1ccc(NC(=O)c2ccc(NCCc3ccc(F)cc3)cn2)c(C)c1. The van der Waals surface area contributed by atoms with E-state index in [1.165, 1.54) is 12.1 Å². The van der Waals surface area contributed by atoms with Crippen LogP contribution in [-0.4, -0.2) is 17.4 Å². The van der Waals surface area contributed by atoms with E-state index in [0.717, 1.165) is 34.5 Å². The molecule has 5 heteroatoms. The Morgan fingerprint density at radius 2 is 1.81 bits per heavy atom. The highest BCUT2D eigenvalue weighted by atomic mass is 19.1. The summed E-state index contributed by atoms with van der Waals surface area (Å²) < 4.78 is 12.9. The van der Waals surface area contributed by atoms with Crippen molar-refractivity contribution in [2.45, 2.75) is 20.3 Å². The van der Waals surface area contributed by atoms with Gasteiger partial charge < -0.3 is 10.6 Å². The second-order valence-corrected chi connectivity index (χ2v) is 6.51. The Labute approximate surface area is 158 Å². The van der Waals surface area contributed by atoms with Crippen molar-refractivity contribution in [3.8, 4) is 0 Å². The van der Waals surface area contributed by atoms with Crippen LogP contribution >= 0.6 is 0 Å². The van der Waals surface area contributed by atoms with Gasteiger partial charge >= 0.3 is 0 Å². The van der Waals surface area contributed by atoms with Gasteiger partial charge in [-0.2, -0.15) is 0 Å². The van der Waals surface area contributed by atoms with Crippen molar-refractivity contribution in [3.05, 3.63) is 89.0 Å². The second kappa shape index (κ2) is 8.45. The topological polar surface area (TPSA) is 54.0 Å². The van der Waals surface area contributed by atoms with E-state index in [1.54, 1.807) is 24.4 Å². The van der Waals surface area contributed by atoms with Gasteiger partial charge in [0.25, 0.3) is 5.91 Å². The first-order valence-corrected chi connectivity index (χ1v) is 8.84. The predicted octanol–water partition coefficient (Wildman–Crippen LogP) is 4.74. The second-order valence-electron chi connectivity index (χ2n) is 6.51. The summed E-state index contributed by atoms with van der Waals surface area (Å²) in [5.41, 5.74) is 5.21. The monoisotopic (exact) mass is 363 g/mol. The van der Waals surface area contributed by atoms with Crippen LogP contribution < -0.4 is 10.6 Å². The Bertz CT molecular complexity index is 921. The molecule has 3 rings (SSSR count). The van der Waals surface area contributed by atoms with Gasteiger partial charge in [-0.25, -0.2) is 9.37 Å². The number of hydrogen-bond donors (Lipinski definition) is 2. The summed E-state index contributed by atoms with van der Waals surface area (Å²) in [6, 6.07) is 15.9. The summed E-state index contributed by atoms with van der Waals surface area (Å²) in [6.45, 7) is 4.67. The number of hydrogen-bond acceptors (Lipinski definition) is 3. The molecular weight excluding hydrogens is 341 g/mol. The number of halogens is 1. The molecule has 27 heavy (non-hydrogen) atoms. The lowest BCUT2D eigenvalue weighted by Crippen LogP contribution is -2.14. The molecule has 1 heterocycles.